The molecule has 2 heteroatoms. The summed E-state index contributed by atoms with van der Waals surface area (Å²) in [7, 11) is 0. The van der Waals surface area contributed by atoms with Gasteiger partial charge in [-0.1, -0.05) is 6.42 Å². The summed E-state index contributed by atoms with van der Waals surface area (Å²) in [5.74, 6) is 2.88. The Morgan fingerprint density at radius 3 is 1.95 bits per heavy atom. The van der Waals surface area contributed by atoms with Crippen LogP contribution in [0.2, 0.25) is 0 Å². The Morgan fingerprint density at radius 2 is 1.42 bits per heavy atom. The smallest absolute Gasteiger partial charge is 0.0723 e. The van der Waals surface area contributed by atoms with E-state index in [2.05, 4.69) is 4.90 Å². The average molecular weight is 263 g/mol. The molecule has 1 N–H and O–H groups in total. The van der Waals surface area contributed by atoms with Crippen LogP contribution in [0.1, 0.15) is 57.8 Å². The van der Waals surface area contributed by atoms with Crippen LogP contribution < -0.4 is 0 Å². The molecule has 4 aliphatic carbocycles. The third kappa shape index (κ3) is 2.25. The largest absolute Gasteiger partial charge is 0.391 e. The molecule has 0 aromatic heterocycles. The number of β-amino-alcohol motifs (C(OH)–C–C–N with tert-alkyl or cyclic N) is 1. The second-order valence-corrected chi connectivity index (χ2v) is 8.16. The highest BCUT2D eigenvalue weighted by Crippen LogP contribution is 2.61. The molecule has 0 aromatic rings. The van der Waals surface area contributed by atoms with E-state index < -0.39 is 0 Å². The predicted molar refractivity (Wildman–Crippen MR) is 76.9 cm³/mol. The first-order valence-corrected chi connectivity index (χ1v) is 8.64. The van der Waals surface area contributed by atoms with Crippen LogP contribution in [0.4, 0.5) is 0 Å². The number of aliphatic hydroxyl groups is 1. The molecule has 0 unspecified atom stereocenters. The summed E-state index contributed by atoms with van der Waals surface area (Å²) in [6.07, 6.45) is 12.5. The van der Waals surface area contributed by atoms with Gasteiger partial charge in [0.1, 0.15) is 0 Å². The second-order valence-electron chi connectivity index (χ2n) is 8.16. The minimum Gasteiger partial charge on any atom is -0.391 e. The lowest BCUT2D eigenvalue weighted by molar-refractivity contribution is -0.127. The molecule has 4 bridgehead atoms. The molecule has 1 saturated heterocycles. The van der Waals surface area contributed by atoms with Gasteiger partial charge in [-0.25, -0.2) is 0 Å². The van der Waals surface area contributed by atoms with Crippen LogP contribution in [-0.4, -0.2) is 35.7 Å². The van der Waals surface area contributed by atoms with Gasteiger partial charge < -0.3 is 10.0 Å². The Bertz CT molecular complexity index is 299. The fourth-order valence-corrected chi connectivity index (χ4v) is 6.17. The molecule has 5 fully saturated rings. The molecule has 108 valence electrons. The van der Waals surface area contributed by atoms with Crippen LogP contribution in [0.5, 0.6) is 0 Å². The van der Waals surface area contributed by atoms with Gasteiger partial charge in [0.15, 0.2) is 0 Å². The van der Waals surface area contributed by atoms with Crippen molar-refractivity contribution in [2.45, 2.75) is 63.9 Å². The minimum atomic E-state index is -0.0426. The monoisotopic (exact) mass is 263 g/mol. The number of piperidine rings is 1. The molecule has 5 aliphatic rings. The lowest BCUT2D eigenvalue weighted by Crippen LogP contribution is -2.54. The summed E-state index contributed by atoms with van der Waals surface area (Å²) < 4.78 is 0. The number of nitrogens with zero attached hydrogens (tertiary/aromatic N) is 1. The van der Waals surface area contributed by atoms with Crippen molar-refractivity contribution < 1.29 is 5.11 Å². The first-order valence-electron chi connectivity index (χ1n) is 8.64. The topological polar surface area (TPSA) is 23.5 Å². The van der Waals surface area contributed by atoms with Gasteiger partial charge in [-0.05, 0) is 87.6 Å². The molecular formula is C17H29NO. The third-order valence-corrected chi connectivity index (χ3v) is 6.67. The van der Waals surface area contributed by atoms with Gasteiger partial charge >= 0.3 is 0 Å². The SMILES string of the molecule is O[C@H](CN1CCCCC1)C12CC3CC(CC(C3)C1)C2. The second kappa shape index (κ2) is 4.73. The van der Waals surface area contributed by atoms with E-state index in [9.17, 15) is 5.11 Å². The lowest BCUT2D eigenvalue weighted by atomic mass is 9.48. The van der Waals surface area contributed by atoms with E-state index in [1.54, 1.807) is 0 Å². The summed E-state index contributed by atoms with van der Waals surface area (Å²) in [5.41, 5.74) is 0.326. The summed E-state index contributed by atoms with van der Waals surface area (Å²) in [5, 5.41) is 10.9. The standard InChI is InChI=1S/C17H29NO/c19-16(12-18-4-2-1-3-5-18)17-9-13-6-14(10-17)8-15(7-13)11-17/h13-16,19H,1-12H2/t13?,14?,15?,16-,17?/m1/s1. The van der Waals surface area contributed by atoms with Crippen molar-refractivity contribution in [1.82, 2.24) is 4.90 Å². The fourth-order valence-electron chi connectivity index (χ4n) is 6.17. The molecule has 5 rings (SSSR count). The van der Waals surface area contributed by atoms with Gasteiger partial charge in [0.2, 0.25) is 0 Å². The maximum absolute atomic E-state index is 10.9. The number of aliphatic hydroxyl groups excluding tert-OH is 1. The predicted octanol–water partition coefficient (Wildman–Crippen LogP) is 3.05. The molecule has 19 heavy (non-hydrogen) atoms. The molecule has 1 aliphatic heterocycles. The van der Waals surface area contributed by atoms with E-state index in [0.29, 0.717) is 5.41 Å². The van der Waals surface area contributed by atoms with Crippen molar-refractivity contribution in [3.05, 3.63) is 0 Å². The van der Waals surface area contributed by atoms with Gasteiger partial charge in [-0.15, -0.1) is 0 Å². The van der Waals surface area contributed by atoms with Crippen molar-refractivity contribution in [2.75, 3.05) is 19.6 Å². The van der Waals surface area contributed by atoms with E-state index in [1.165, 1.54) is 70.9 Å². The highest BCUT2D eigenvalue weighted by Gasteiger charge is 2.54. The maximum Gasteiger partial charge on any atom is 0.0723 e. The molecule has 1 atom stereocenters. The van der Waals surface area contributed by atoms with Crippen molar-refractivity contribution in [1.29, 1.82) is 0 Å². The molecule has 0 radical (unpaired) electrons. The van der Waals surface area contributed by atoms with E-state index >= 15 is 0 Å². The third-order valence-electron chi connectivity index (χ3n) is 6.67. The zero-order valence-corrected chi connectivity index (χ0v) is 12.2. The van der Waals surface area contributed by atoms with Crippen molar-refractivity contribution in [2.24, 2.45) is 23.2 Å². The molecule has 0 aromatic carbocycles. The Hall–Kier alpha value is -0.0800. The summed E-state index contributed by atoms with van der Waals surface area (Å²) in [4.78, 5) is 2.53. The van der Waals surface area contributed by atoms with E-state index in [1.807, 2.05) is 0 Å². The average Bonchev–Trinajstić information content (AvgIpc) is 2.38. The Balaban J connectivity index is 1.45. The zero-order chi connectivity index (χ0) is 12.9. The van der Waals surface area contributed by atoms with Gasteiger partial charge in [0.05, 0.1) is 6.10 Å². The molecule has 0 amide bonds. The van der Waals surface area contributed by atoms with E-state index in [-0.39, 0.29) is 6.10 Å². The van der Waals surface area contributed by atoms with Gasteiger partial charge in [-0.3, -0.25) is 0 Å². The van der Waals surface area contributed by atoms with Crippen LogP contribution >= 0.6 is 0 Å². The Kier molecular flexibility index (Phi) is 3.15. The highest BCUT2D eigenvalue weighted by atomic mass is 16.3. The molecular weight excluding hydrogens is 234 g/mol. The van der Waals surface area contributed by atoms with Crippen molar-refractivity contribution in [3.8, 4) is 0 Å². The van der Waals surface area contributed by atoms with Crippen LogP contribution in [0, 0.1) is 23.2 Å². The number of hydrogen-bond donors (Lipinski definition) is 1. The number of rotatable bonds is 3. The Morgan fingerprint density at radius 1 is 0.895 bits per heavy atom. The van der Waals surface area contributed by atoms with Crippen LogP contribution in [0.15, 0.2) is 0 Å². The van der Waals surface area contributed by atoms with Gasteiger partial charge in [0, 0.05) is 6.54 Å². The van der Waals surface area contributed by atoms with Crippen LogP contribution in [0.25, 0.3) is 0 Å². The van der Waals surface area contributed by atoms with Crippen molar-refractivity contribution in [3.63, 3.8) is 0 Å². The van der Waals surface area contributed by atoms with E-state index in [4.69, 9.17) is 0 Å². The van der Waals surface area contributed by atoms with Crippen LogP contribution in [0.3, 0.4) is 0 Å². The molecule has 1 heterocycles. The maximum atomic E-state index is 10.9. The zero-order valence-electron chi connectivity index (χ0n) is 12.2. The van der Waals surface area contributed by atoms with Gasteiger partial charge in [-0.2, -0.15) is 0 Å². The molecule has 4 saturated carbocycles. The first-order chi connectivity index (χ1) is 9.23. The normalized spacial score (nSPS) is 47.5. The van der Waals surface area contributed by atoms with Crippen LogP contribution in [-0.2, 0) is 0 Å². The summed E-state index contributed by atoms with van der Waals surface area (Å²) in [6, 6.07) is 0. The molecule has 0 spiro atoms. The highest BCUT2D eigenvalue weighted by molar-refractivity contribution is 5.04. The minimum absolute atomic E-state index is 0.0426. The quantitative estimate of drug-likeness (QED) is 0.846. The number of likely N-dealkylation sites (tertiary alicyclic amines) is 1. The number of hydrogen-bond acceptors (Lipinski definition) is 2. The van der Waals surface area contributed by atoms with Crippen molar-refractivity contribution >= 4 is 0 Å². The van der Waals surface area contributed by atoms with E-state index in [0.717, 1.165) is 24.3 Å². The Labute approximate surface area is 117 Å². The first kappa shape index (κ1) is 12.6. The fraction of sp³-hybridized carbons (Fsp3) is 1.00. The summed E-state index contributed by atoms with van der Waals surface area (Å²) in [6.45, 7) is 3.42. The van der Waals surface area contributed by atoms with Gasteiger partial charge in [0.25, 0.3) is 0 Å². The lowest BCUT2D eigenvalue weighted by Gasteiger charge is -2.58. The molecule has 2 nitrogen and oxygen atoms in total. The summed E-state index contributed by atoms with van der Waals surface area (Å²) >= 11 is 0.